The van der Waals surface area contributed by atoms with Gasteiger partial charge >= 0.3 is 6.18 Å². The fourth-order valence-corrected chi connectivity index (χ4v) is 3.19. The third kappa shape index (κ3) is 3.42. The molecule has 1 fully saturated rings. The Kier molecular flexibility index (Phi) is 4.39. The number of aromatic hydroxyl groups is 1. The number of aromatic nitrogens is 3. The van der Waals surface area contributed by atoms with Gasteiger partial charge < -0.3 is 15.2 Å². The zero-order valence-electron chi connectivity index (χ0n) is 14.2. The number of phenolic OH excluding ortho intramolecular Hbond substituents is 1. The van der Waals surface area contributed by atoms with Gasteiger partial charge in [0.2, 0.25) is 5.95 Å². The Balaban J connectivity index is 1.71. The van der Waals surface area contributed by atoms with Crippen LogP contribution in [0.3, 0.4) is 0 Å². The summed E-state index contributed by atoms with van der Waals surface area (Å²) in [6.45, 7) is 1.32. The van der Waals surface area contributed by atoms with Gasteiger partial charge in [-0.1, -0.05) is 0 Å². The largest absolute Gasteiger partial charge is 0.507 e. The summed E-state index contributed by atoms with van der Waals surface area (Å²) in [6, 6.07) is 6.49. The van der Waals surface area contributed by atoms with Gasteiger partial charge in [0.05, 0.1) is 23.7 Å². The zero-order chi connectivity index (χ0) is 19.0. The Hall–Kier alpha value is -2.81. The summed E-state index contributed by atoms with van der Waals surface area (Å²) in [5.74, 6) is 0.0178. The maximum Gasteiger partial charge on any atom is 0.416 e. The maximum atomic E-state index is 12.8. The van der Waals surface area contributed by atoms with Crippen LogP contribution in [0.15, 0.2) is 36.5 Å². The van der Waals surface area contributed by atoms with Crippen LogP contribution in [0.1, 0.15) is 18.4 Å². The van der Waals surface area contributed by atoms with Crippen molar-refractivity contribution in [1.29, 1.82) is 0 Å². The van der Waals surface area contributed by atoms with Crippen LogP contribution >= 0.6 is 0 Å². The Bertz CT molecular complexity index is 965. The van der Waals surface area contributed by atoms with Crippen molar-refractivity contribution in [3.05, 3.63) is 42.1 Å². The van der Waals surface area contributed by atoms with E-state index in [9.17, 15) is 18.3 Å². The summed E-state index contributed by atoms with van der Waals surface area (Å²) in [7, 11) is 0. The average Bonchev–Trinajstić information content (AvgIpc) is 3.13. The molecule has 1 aromatic carbocycles. The normalized spacial score (nSPS) is 18.0. The molecule has 9 heteroatoms. The Morgan fingerprint density at radius 2 is 2.07 bits per heavy atom. The van der Waals surface area contributed by atoms with Gasteiger partial charge in [-0.25, -0.2) is 0 Å². The van der Waals surface area contributed by atoms with E-state index >= 15 is 0 Å². The van der Waals surface area contributed by atoms with Crippen molar-refractivity contribution in [2.24, 2.45) is 0 Å². The first kappa shape index (κ1) is 17.6. The molecular formula is C18H17F3N4O2. The van der Waals surface area contributed by atoms with Crippen LogP contribution in [-0.4, -0.2) is 39.0 Å². The lowest BCUT2D eigenvalue weighted by atomic mass is 10.1. The molecule has 0 saturated carbocycles. The minimum absolute atomic E-state index is 0.115. The van der Waals surface area contributed by atoms with Gasteiger partial charge in [0.1, 0.15) is 11.4 Å². The van der Waals surface area contributed by atoms with Gasteiger partial charge in [0.15, 0.2) is 0 Å². The van der Waals surface area contributed by atoms with E-state index in [1.165, 1.54) is 6.07 Å². The number of nitrogens with one attached hydrogen (secondary N) is 1. The van der Waals surface area contributed by atoms with Crippen molar-refractivity contribution in [3.8, 4) is 17.0 Å². The SMILES string of the molecule is Oc1cc(C(F)(F)F)ccc1-c1nnc(N[C@@H]2CCCOC2)n2cccc12. The predicted molar refractivity (Wildman–Crippen MR) is 92.6 cm³/mol. The van der Waals surface area contributed by atoms with E-state index in [1.807, 2.05) is 0 Å². The number of anilines is 1. The lowest BCUT2D eigenvalue weighted by molar-refractivity contribution is -0.137. The first-order valence-electron chi connectivity index (χ1n) is 8.52. The summed E-state index contributed by atoms with van der Waals surface area (Å²) >= 11 is 0. The molecule has 1 aliphatic rings. The van der Waals surface area contributed by atoms with Crippen molar-refractivity contribution in [1.82, 2.24) is 14.6 Å². The van der Waals surface area contributed by atoms with Crippen molar-refractivity contribution < 1.29 is 23.0 Å². The Morgan fingerprint density at radius 3 is 2.78 bits per heavy atom. The second-order valence-electron chi connectivity index (χ2n) is 6.42. The molecule has 6 nitrogen and oxygen atoms in total. The highest BCUT2D eigenvalue weighted by molar-refractivity contribution is 5.81. The van der Waals surface area contributed by atoms with Crippen LogP contribution in [0.5, 0.6) is 5.75 Å². The first-order chi connectivity index (χ1) is 12.9. The molecule has 0 unspecified atom stereocenters. The highest BCUT2D eigenvalue weighted by Gasteiger charge is 2.31. The number of halogens is 3. The third-order valence-electron chi connectivity index (χ3n) is 4.54. The van der Waals surface area contributed by atoms with E-state index in [4.69, 9.17) is 4.74 Å². The molecule has 0 bridgehead atoms. The number of rotatable bonds is 3. The van der Waals surface area contributed by atoms with Crippen molar-refractivity contribution in [3.63, 3.8) is 0 Å². The molecule has 3 heterocycles. The number of hydrogen-bond donors (Lipinski definition) is 2. The number of benzene rings is 1. The van der Waals surface area contributed by atoms with Crippen LogP contribution < -0.4 is 5.32 Å². The number of alkyl halides is 3. The van der Waals surface area contributed by atoms with Gasteiger partial charge in [-0.2, -0.15) is 13.2 Å². The molecular weight excluding hydrogens is 361 g/mol. The number of hydrogen-bond acceptors (Lipinski definition) is 5. The fraction of sp³-hybridized carbons (Fsp3) is 0.333. The molecule has 142 valence electrons. The second kappa shape index (κ2) is 6.73. The Labute approximate surface area is 152 Å². The molecule has 1 atom stereocenters. The quantitative estimate of drug-likeness (QED) is 0.727. The summed E-state index contributed by atoms with van der Waals surface area (Å²) < 4.78 is 45.7. The monoisotopic (exact) mass is 378 g/mol. The summed E-state index contributed by atoms with van der Waals surface area (Å²) in [5.41, 5.74) is 0.196. The number of ether oxygens (including phenoxy) is 1. The lowest BCUT2D eigenvalue weighted by Gasteiger charge is -2.23. The standard InChI is InChI=1S/C18H17F3N4O2/c19-18(20,21)11-5-6-13(15(26)9-11)16-14-4-1-7-25(14)17(24-23-16)22-12-3-2-8-27-10-12/h1,4-7,9,12,26H,2-3,8,10H2,(H,22,24)/t12-/m1/s1. The first-order valence-corrected chi connectivity index (χ1v) is 8.52. The summed E-state index contributed by atoms with van der Waals surface area (Å²) in [4.78, 5) is 0. The molecule has 27 heavy (non-hydrogen) atoms. The van der Waals surface area contributed by atoms with E-state index in [1.54, 1.807) is 22.7 Å². The minimum Gasteiger partial charge on any atom is -0.507 e. The molecule has 2 aromatic heterocycles. The lowest BCUT2D eigenvalue weighted by Crippen LogP contribution is -2.31. The molecule has 4 rings (SSSR count). The maximum absolute atomic E-state index is 12.8. The average molecular weight is 378 g/mol. The fourth-order valence-electron chi connectivity index (χ4n) is 3.19. The van der Waals surface area contributed by atoms with Gasteiger partial charge in [-0.15, -0.1) is 10.2 Å². The highest BCUT2D eigenvalue weighted by atomic mass is 19.4. The smallest absolute Gasteiger partial charge is 0.416 e. The van der Waals surface area contributed by atoms with Crippen molar-refractivity contribution >= 4 is 11.5 Å². The van der Waals surface area contributed by atoms with Crippen LogP contribution in [-0.2, 0) is 10.9 Å². The van der Waals surface area contributed by atoms with Gasteiger partial charge in [-0.3, -0.25) is 4.40 Å². The van der Waals surface area contributed by atoms with Crippen LogP contribution in [0.4, 0.5) is 19.1 Å². The molecule has 2 N–H and O–H groups in total. The van der Waals surface area contributed by atoms with E-state index in [0.29, 0.717) is 29.8 Å². The number of fused-ring (bicyclic) bond motifs is 1. The molecule has 0 amide bonds. The second-order valence-corrected chi connectivity index (χ2v) is 6.42. The molecule has 3 aromatic rings. The van der Waals surface area contributed by atoms with Crippen molar-refractivity contribution in [2.75, 3.05) is 18.5 Å². The van der Waals surface area contributed by atoms with Crippen LogP contribution in [0.25, 0.3) is 16.8 Å². The number of phenols is 1. The topological polar surface area (TPSA) is 71.7 Å². The van der Waals surface area contributed by atoms with E-state index < -0.39 is 17.5 Å². The van der Waals surface area contributed by atoms with Crippen LogP contribution in [0.2, 0.25) is 0 Å². The third-order valence-corrected chi connectivity index (χ3v) is 4.54. The van der Waals surface area contributed by atoms with Gasteiger partial charge in [0, 0.05) is 18.4 Å². The van der Waals surface area contributed by atoms with Crippen LogP contribution in [0, 0.1) is 0 Å². The molecule has 0 spiro atoms. The molecule has 1 aliphatic heterocycles. The number of nitrogens with zero attached hydrogens (tertiary/aromatic N) is 3. The summed E-state index contributed by atoms with van der Waals surface area (Å²) in [6.07, 6.45) is -0.841. The van der Waals surface area contributed by atoms with E-state index in [0.717, 1.165) is 25.5 Å². The predicted octanol–water partition coefficient (Wildman–Crippen LogP) is 3.71. The van der Waals surface area contributed by atoms with Gasteiger partial charge in [-0.05, 0) is 43.2 Å². The molecule has 0 aliphatic carbocycles. The summed E-state index contributed by atoms with van der Waals surface area (Å²) in [5, 5.41) is 21.7. The van der Waals surface area contributed by atoms with Gasteiger partial charge in [0.25, 0.3) is 0 Å². The molecule has 1 saturated heterocycles. The minimum atomic E-state index is -4.53. The highest BCUT2D eigenvalue weighted by Crippen LogP contribution is 2.37. The van der Waals surface area contributed by atoms with Crippen molar-refractivity contribution in [2.45, 2.75) is 25.1 Å². The van der Waals surface area contributed by atoms with E-state index in [2.05, 4.69) is 15.5 Å². The Morgan fingerprint density at radius 1 is 1.22 bits per heavy atom. The van der Waals surface area contributed by atoms with E-state index in [-0.39, 0.29) is 11.6 Å². The molecule has 0 radical (unpaired) electrons. The zero-order valence-corrected chi connectivity index (χ0v) is 14.2.